The Bertz CT molecular complexity index is 1560. The Labute approximate surface area is 223 Å². The maximum atomic E-state index is 15.0. The molecule has 1 aliphatic carbocycles. The molecule has 2 heterocycles. The van der Waals surface area contributed by atoms with Gasteiger partial charge in [-0.2, -0.15) is 13.2 Å². The Morgan fingerprint density at radius 3 is 2.64 bits per heavy atom. The van der Waals surface area contributed by atoms with E-state index in [0.29, 0.717) is 30.3 Å². The van der Waals surface area contributed by atoms with Gasteiger partial charge in [0, 0.05) is 40.4 Å². The minimum Gasteiger partial charge on any atom is -0.358 e. The van der Waals surface area contributed by atoms with E-state index in [2.05, 4.69) is 10.6 Å². The highest BCUT2D eigenvalue weighted by Crippen LogP contribution is 2.49. The van der Waals surface area contributed by atoms with Crippen LogP contribution < -0.4 is 15.5 Å². The highest BCUT2D eigenvalue weighted by atomic mass is 35.5. The molecule has 3 amide bonds. The van der Waals surface area contributed by atoms with E-state index in [4.69, 9.17) is 11.6 Å². The molecule has 6 nitrogen and oxygen atoms in total. The number of nitrogens with zero attached hydrogens (tertiary/aromatic N) is 1. The molecule has 39 heavy (non-hydrogen) atoms. The van der Waals surface area contributed by atoms with Gasteiger partial charge in [-0.05, 0) is 53.9 Å². The summed E-state index contributed by atoms with van der Waals surface area (Å²) in [4.78, 5) is 27.8. The molecule has 3 N–H and O–H groups in total. The first-order valence-corrected chi connectivity index (χ1v) is 12.4. The summed E-state index contributed by atoms with van der Waals surface area (Å²) in [5.41, 5.74) is 0.433. The number of fused-ring (bicyclic) bond motifs is 1. The maximum Gasteiger partial charge on any atom is 0.416 e. The van der Waals surface area contributed by atoms with Gasteiger partial charge >= 0.3 is 12.2 Å². The third-order valence-corrected chi connectivity index (χ3v) is 7.81. The number of nitrogens with one attached hydrogen (secondary N) is 2. The number of benzene rings is 3. The van der Waals surface area contributed by atoms with Crippen molar-refractivity contribution in [3.63, 3.8) is 0 Å². The van der Waals surface area contributed by atoms with Gasteiger partial charge in [-0.25, -0.2) is 13.6 Å². The normalized spacial score (nSPS) is 23.4. The molecule has 0 fully saturated rings. The van der Waals surface area contributed by atoms with Crippen molar-refractivity contribution in [2.75, 3.05) is 16.8 Å². The molecular weight excluding hydrogens is 545 g/mol. The van der Waals surface area contributed by atoms with E-state index in [1.54, 1.807) is 12.1 Å². The number of carbonyl (C=O) groups excluding carboxylic acids is 2. The van der Waals surface area contributed by atoms with Crippen LogP contribution in [0.15, 0.2) is 48.5 Å². The van der Waals surface area contributed by atoms with Crippen molar-refractivity contribution in [3.8, 4) is 0 Å². The number of urea groups is 1. The molecule has 0 bridgehead atoms. The van der Waals surface area contributed by atoms with Crippen LogP contribution in [0.3, 0.4) is 0 Å². The fraction of sp³-hybridized carbons (Fsp3) is 0.259. The molecule has 3 aromatic rings. The van der Waals surface area contributed by atoms with Gasteiger partial charge in [0.05, 0.1) is 23.2 Å². The summed E-state index contributed by atoms with van der Waals surface area (Å²) in [5.74, 6) is -5.81. The summed E-state index contributed by atoms with van der Waals surface area (Å²) in [7, 11) is 0. The van der Waals surface area contributed by atoms with Crippen molar-refractivity contribution < 1.29 is 36.6 Å². The van der Waals surface area contributed by atoms with Crippen LogP contribution in [0, 0.1) is 5.82 Å². The van der Waals surface area contributed by atoms with Crippen molar-refractivity contribution in [1.29, 1.82) is 0 Å². The second-order valence-electron chi connectivity index (χ2n) is 9.79. The molecule has 202 valence electrons. The molecular formula is C27H19ClF5N3O3. The predicted octanol–water partition coefficient (Wildman–Crippen LogP) is 5.91. The quantitative estimate of drug-likeness (QED) is 0.346. The third kappa shape index (κ3) is 4.11. The average molecular weight is 564 g/mol. The average Bonchev–Trinajstić information content (AvgIpc) is 3.42. The standard InChI is InChI=1S/C27H19ClF5N3O3/c28-19-5-3-14(29)10-16(19)22-21-20(6-1-12-7-8-36(23(12)21)25(38)35-22)34-24(37)17-11-26(30,39)18-9-13(27(31,32)33)2-4-15(17)18/h1-6,9-10,17,22,39H,7-8,11H2,(H,34,37)(H,35,38). The summed E-state index contributed by atoms with van der Waals surface area (Å²) < 4.78 is 68.8. The zero-order valence-corrected chi connectivity index (χ0v) is 20.6. The number of hydrogen-bond donors (Lipinski definition) is 3. The van der Waals surface area contributed by atoms with Crippen LogP contribution in [0.25, 0.3) is 0 Å². The van der Waals surface area contributed by atoms with Crippen LogP contribution in [0.2, 0.25) is 5.02 Å². The number of rotatable bonds is 3. The zero-order valence-electron chi connectivity index (χ0n) is 19.9. The van der Waals surface area contributed by atoms with Crippen LogP contribution >= 0.6 is 11.6 Å². The molecule has 3 unspecified atom stereocenters. The number of carbonyl (C=O) groups is 2. The number of anilines is 2. The summed E-state index contributed by atoms with van der Waals surface area (Å²) in [6.07, 6.45) is -5.00. The van der Waals surface area contributed by atoms with Gasteiger partial charge in [0.1, 0.15) is 5.82 Å². The lowest BCUT2D eigenvalue weighted by atomic mass is 9.91. The van der Waals surface area contributed by atoms with Crippen LogP contribution in [0.5, 0.6) is 0 Å². The maximum absolute atomic E-state index is 15.0. The molecule has 3 atom stereocenters. The van der Waals surface area contributed by atoms with Crippen molar-refractivity contribution in [1.82, 2.24) is 5.32 Å². The molecule has 6 rings (SSSR count). The van der Waals surface area contributed by atoms with Crippen molar-refractivity contribution in [2.24, 2.45) is 0 Å². The molecule has 2 aliphatic heterocycles. The van der Waals surface area contributed by atoms with Gasteiger partial charge in [-0.1, -0.05) is 23.7 Å². The monoisotopic (exact) mass is 563 g/mol. The van der Waals surface area contributed by atoms with Crippen LogP contribution in [0.4, 0.5) is 38.1 Å². The highest BCUT2D eigenvalue weighted by molar-refractivity contribution is 6.31. The van der Waals surface area contributed by atoms with E-state index in [1.807, 2.05) is 0 Å². The van der Waals surface area contributed by atoms with Crippen molar-refractivity contribution in [2.45, 2.75) is 36.8 Å². The first-order chi connectivity index (χ1) is 18.3. The van der Waals surface area contributed by atoms with Gasteiger partial charge in [-0.15, -0.1) is 0 Å². The number of hydrogen-bond acceptors (Lipinski definition) is 3. The largest absolute Gasteiger partial charge is 0.416 e. The molecule has 3 aliphatic rings. The predicted molar refractivity (Wildman–Crippen MR) is 132 cm³/mol. The molecule has 12 heteroatoms. The van der Waals surface area contributed by atoms with Crippen LogP contribution in [-0.4, -0.2) is 23.6 Å². The second kappa shape index (κ2) is 8.65. The van der Waals surface area contributed by atoms with E-state index >= 15 is 4.39 Å². The van der Waals surface area contributed by atoms with E-state index in [9.17, 15) is 32.3 Å². The summed E-state index contributed by atoms with van der Waals surface area (Å²) >= 11 is 6.36. The molecule has 0 aromatic heterocycles. The molecule has 0 spiro atoms. The SMILES string of the molecule is O=C(Nc1ccc2c3c1C(c1cc(F)ccc1Cl)NC(=O)N3CC2)C1CC(O)(F)c2cc(C(F)(F)F)ccc21. The number of halogens is 6. The van der Waals surface area contributed by atoms with Crippen molar-refractivity contribution >= 4 is 34.9 Å². The van der Waals surface area contributed by atoms with E-state index in [-0.39, 0.29) is 21.8 Å². The molecule has 3 aromatic carbocycles. The van der Waals surface area contributed by atoms with E-state index in [0.717, 1.165) is 17.7 Å². The fourth-order valence-electron chi connectivity index (χ4n) is 5.68. The van der Waals surface area contributed by atoms with Crippen LogP contribution in [-0.2, 0) is 23.2 Å². The first kappa shape index (κ1) is 25.6. The smallest absolute Gasteiger partial charge is 0.358 e. The Morgan fingerprint density at radius 1 is 1.13 bits per heavy atom. The number of amides is 3. The van der Waals surface area contributed by atoms with E-state index < -0.39 is 59.3 Å². The van der Waals surface area contributed by atoms with E-state index in [1.165, 1.54) is 23.1 Å². The Kier molecular flexibility index (Phi) is 5.67. The van der Waals surface area contributed by atoms with Gasteiger partial charge in [0.25, 0.3) is 0 Å². The fourth-order valence-corrected chi connectivity index (χ4v) is 5.90. The summed E-state index contributed by atoms with van der Waals surface area (Å²) in [6.45, 7) is 0.377. The number of alkyl halides is 4. The lowest BCUT2D eigenvalue weighted by Gasteiger charge is -2.35. The molecule has 0 saturated heterocycles. The zero-order chi connectivity index (χ0) is 27.9. The minimum atomic E-state index is -4.76. The van der Waals surface area contributed by atoms with Gasteiger partial charge < -0.3 is 15.7 Å². The number of aliphatic hydroxyl groups is 1. The Balaban J connectivity index is 1.41. The highest BCUT2D eigenvalue weighted by Gasteiger charge is 2.48. The lowest BCUT2D eigenvalue weighted by molar-refractivity contribution is -0.138. The minimum absolute atomic E-state index is 0.0695. The summed E-state index contributed by atoms with van der Waals surface area (Å²) in [6, 6.07) is 7.87. The third-order valence-electron chi connectivity index (χ3n) is 7.46. The van der Waals surface area contributed by atoms with Crippen LogP contribution in [0.1, 0.15) is 51.8 Å². The topological polar surface area (TPSA) is 81.7 Å². The van der Waals surface area contributed by atoms with Crippen molar-refractivity contribution in [3.05, 3.63) is 92.8 Å². The lowest BCUT2D eigenvalue weighted by Crippen LogP contribution is -2.46. The van der Waals surface area contributed by atoms with Gasteiger partial charge in [0.2, 0.25) is 11.8 Å². The second-order valence-corrected chi connectivity index (χ2v) is 10.2. The van der Waals surface area contributed by atoms with Gasteiger partial charge in [0.15, 0.2) is 0 Å². The Morgan fingerprint density at radius 2 is 1.90 bits per heavy atom. The van der Waals surface area contributed by atoms with Gasteiger partial charge in [-0.3, -0.25) is 9.69 Å². The first-order valence-electron chi connectivity index (χ1n) is 12.0. The molecule has 0 saturated carbocycles. The molecule has 0 radical (unpaired) electrons. The Hall–Kier alpha value is -3.70. The summed E-state index contributed by atoms with van der Waals surface area (Å²) in [5, 5.41) is 15.9.